The molecule has 1 heterocycles. The van der Waals surface area contributed by atoms with Crippen LogP contribution in [0.25, 0.3) is 0 Å². The number of rotatable bonds is 2. The molecule has 0 aromatic heterocycles. The standard InChI is InChI=1S/C9H14INO/c1-3-8-5-4-6-11(8)9(12)7(2)10/h3,7-8H,1,4-6H2,2H3/t7?,8-/m1/s1. The number of likely N-dealkylation sites (tertiary alicyclic amines) is 1. The number of amides is 1. The van der Waals surface area contributed by atoms with E-state index in [-0.39, 0.29) is 15.9 Å². The predicted octanol–water partition coefficient (Wildman–Crippen LogP) is 1.99. The minimum absolute atomic E-state index is 0.0862. The van der Waals surface area contributed by atoms with E-state index >= 15 is 0 Å². The molecule has 1 unspecified atom stereocenters. The molecule has 3 heteroatoms. The van der Waals surface area contributed by atoms with Gasteiger partial charge in [0.1, 0.15) is 0 Å². The van der Waals surface area contributed by atoms with Gasteiger partial charge in [0, 0.05) is 12.6 Å². The number of halogens is 1. The van der Waals surface area contributed by atoms with E-state index in [1.165, 1.54) is 0 Å². The van der Waals surface area contributed by atoms with Crippen LogP contribution in [0, 0.1) is 0 Å². The Morgan fingerprint density at radius 1 is 1.83 bits per heavy atom. The Morgan fingerprint density at radius 2 is 2.50 bits per heavy atom. The summed E-state index contributed by atoms with van der Waals surface area (Å²) in [6.45, 7) is 6.58. The maximum absolute atomic E-state index is 11.6. The molecule has 1 aliphatic heterocycles. The van der Waals surface area contributed by atoms with Gasteiger partial charge in [-0.3, -0.25) is 4.79 Å². The molecule has 68 valence electrons. The van der Waals surface area contributed by atoms with Crippen molar-refractivity contribution in [3.8, 4) is 0 Å². The summed E-state index contributed by atoms with van der Waals surface area (Å²) in [5.41, 5.74) is 0. The number of hydrogen-bond acceptors (Lipinski definition) is 1. The zero-order valence-corrected chi connectivity index (χ0v) is 9.45. The molecule has 1 aliphatic rings. The van der Waals surface area contributed by atoms with Gasteiger partial charge in [0.15, 0.2) is 0 Å². The van der Waals surface area contributed by atoms with E-state index < -0.39 is 0 Å². The number of hydrogen-bond donors (Lipinski definition) is 0. The van der Waals surface area contributed by atoms with Crippen LogP contribution in [0.2, 0.25) is 0 Å². The van der Waals surface area contributed by atoms with Crippen molar-refractivity contribution in [2.75, 3.05) is 6.54 Å². The SMILES string of the molecule is C=C[C@@H]1CCCN1C(=O)C(C)I. The first-order chi connectivity index (χ1) is 5.66. The van der Waals surface area contributed by atoms with Crippen molar-refractivity contribution in [1.82, 2.24) is 4.90 Å². The summed E-state index contributed by atoms with van der Waals surface area (Å²) < 4.78 is 0.0862. The van der Waals surface area contributed by atoms with Crippen LogP contribution in [-0.4, -0.2) is 27.3 Å². The monoisotopic (exact) mass is 279 g/mol. The quantitative estimate of drug-likeness (QED) is 0.430. The van der Waals surface area contributed by atoms with Crippen molar-refractivity contribution in [3.05, 3.63) is 12.7 Å². The second-order valence-corrected chi connectivity index (χ2v) is 4.96. The van der Waals surface area contributed by atoms with E-state index in [1.807, 2.05) is 17.9 Å². The third kappa shape index (κ3) is 2.00. The maximum Gasteiger partial charge on any atom is 0.235 e. The first kappa shape index (κ1) is 10.0. The van der Waals surface area contributed by atoms with E-state index in [1.54, 1.807) is 0 Å². The zero-order chi connectivity index (χ0) is 9.14. The highest BCUT2D eigenvalue weighted by Gasteiger charge is 2.28. The minimum atomic E-state index is 0.0862. The molecule has 0 aromatic carbocycles. The molecular formula is C9H14INO. The lowest BCUT2D eigenvalue weighted by atomic mass is 10.2. The Hall–Kier alpha value is -0.0600. The van der Waals surface area contributed by atoms with Crippen molar-refractivity contribution in [3.63, 3.8) is 0 Å². The van der Waals surface area contributed by atoms with Crippen LogP contribution in [0.4, 0.5) is 0 Å². The fourth-order valence-corrected chi connectivity index (χ4v) is 1.90. The van der Waals surface area contributed by atoms with Gasteiger partial charge >= 0.3 is 0 Å². The first-order valence-electron chi connectivity index (χ1n) is 4.24. The van der Waals surface area contributed by atoms with Gasteiger partial charge in [0.25, 0.3) is 0 Å². The van der Waals surface area contributed by atoms with Gasteiger partial charge in [-0.2, -0.15) is 0 Å². The Morgan fingerprint density at radius 3 is 3.00 bits per heavy atom. The fraction of sp³-hybridized carbons (Fsp3) is 0.667. The van der Waals surface area contributed by atoms with Crippen molar-refractivity contribution >= 4 is 28.5 Å². The summed E-state index contributed by atoms with van der Waals surface area (Å²) in [7, 11) is 0. The number of carbonyl (C=O) groups excluding carboxylic acids is 1. The van der Waals surface area contributed by atoms with Crippen LogP contribution in [0.15, 0.2) is 12.7 Å². The molecule has 1 fully saturated rings. The lowest BCUT2D eigenvalue weighted by Gasteiger charge is -2.23. The molecular weight excluding hydrogens is 265 g/mol. The summed E-state index contributed by atoms with van der Waals surface area (Å²) in [4.78, 5) is 13.5. The molecule has 0 radical (unpaired) electrons. The fourth-order valence-electron chi connectivity index (χ4n) is 1.54. The third-order valence-electron chi connectivity index (χ3n) is 2.19. The molecule has 0 aliphatic carbocycles. The van der Waals surface area contributed by atoms with Gasteiger partial charge in [0.2, 0.25) is 5.91 Å². The van der Waals surface area contributed by atoms with Crippen molar-refractivity contribution in [2.45, 2.75) is 29.7 Å². The Kier molecular flexibility index (Phi) is 3.55. The molecule has 2 atom stereocenters. The summed E-state index contributed by atoms with van der Waals surface area (Å²) in [5, 5.41) is 0. The maximum atomic E-state index is 11.6. The lowest BCUT2D eigenvalue weighted by molar-refractivity contribution is -0.130. The van der Waals surface area contributed by atoms with Crippen LogP contribution in [0.1, 0.15) is 19.8 Å². The Bertz CT molecular complexity index is 191. The highest BCUT2D eigenvalue weighted by Crippen LogP contribution is 2.20. The summed E-state index contributed by atoms with van der Waals surface area (Å²) >= 11 is 2.16. The van der Waals surface area contributed by atoms with E-state index in [2.05, 4.69) is 29.2 Å². The van der Waals surface area contributed by atoms with Gasteiger partial charge < -0.3 is 4.90 Å². The third-order valence-corrected chi connectivity index (χ3v) is 2.73. The molecule has 12 heavy (non-hydrogen) atoms. The first-order valence-corrected chi connectivity index (χ1v) is 5.48. The van der Waals surface area contributed by atoms with Crippen molar-refractivity contribution in [2.24, 2.45) is 0 Å². The van der Waals surface area contributed by atoms with E-state index in [4.69, 9.17) is 0 Å². The average molecular weight is 279 g/mol. The van der Waals surface area contributed by atoms with Gasteiger partial charge in [-0.25, -0.2) is 0 Å². The molecule has 0 saturated carbocycles. The van der Waals surface area contributed by atoms with Gasteiger partial charge in [-0.15, -0.1) is 6.58 Å². The molecule has 2 nitrogen and oxygen atoms in total. The highest BCUT2D eigenvalue weighted by atomic mass is 127. The van der Waals surface area contributed by atoms with Crippen LogP contribution in [0.3, 0.4) is 0 Å². The molecule has 1 saturated heterocycles. The topological polar surface area (TPSA) is 20.3 Å². The number of carbonyl (C=O) groups is 1. The predicted molar refractivity (Wildman–Crippen MR) is 58.4 cm³/mol. The normalized spacial score (nSPS) is 25.5. The van der Waals surface area contributed by atoms with Crippen molar-refractivity contribution < 1.29 is 4.79 Å². The number of nitrogens with zero attached hydrogens (tertiary/aromatic N) is 1. The van der Waals surface area contributed by atoms with E-state index in [0.717, 1.165) is 19.4 Å². The highest BCUT2D eigenvalue weighted by molar-refractivity contribution is 14.1. The molecule has 0 bridgehead atoms. The summed E-state index contributed by atoms with van der Waals surface area (Å²) in [6, 6.07) is 0.287. The van der Waals surface area contributed by atoms with Gasteiger partial charge in [-0.05, 0) is 19.8 Å². The molecule has 0 spiro atoms. The van der Waals surface area contributed by atoms with Crippen LogP contribution in [0.5, 0.6) is 0 Å². The van der Waals surface area contributed by atoms with Gasteiger partial charge in [0.05, 0.1) is 3.92 Å². The molecule has 1 amide bonds. The Labute approximate surface area is 87.1 Å². The lowest BCUT2D eigenvalue weighted by Crippen LogP contribution is -2.38. The van der Waals surface area contributed by atoms with Gasteiger partial charge in [-0.1, -0.05) is 28.7 Å². The van der Waals surface area contributed by atoms with Crippen LogP contribution in [-0.2, 0) is 4.79 Å². The molecule has 1 rings (SSSR count). The molecule has 0 N–H and O–H groups in total. The summed E-state index contributed by atoms with van der Waals surface area (Å²) in [5.74, 6) is 0.248. The smallest absolute Gasteiger partial charge is 0.235 e. The Balaban J connectivity index is 2.61. The second kappa shape index (κ2) is 4.25. The van der Waals surface area contributed by atoms with Crippen LogP contribution < -0.4 is 0 Å². The average Bonchev–Trinajstić information content (AvgIpc) is 2.49. The van der Waals surface area contributed by atoms with Crippen molar-refractivity contribution in [1.29, 1.82) is 0 Å². The largest absolute Gasteiger partial charge is 0.335 e. The summed E-state index contributed by atoms with van der Waals surface area (Å²) in [6.07, 6.45) is 4.08. The molecule has 0 aromatic rings. The van der Waals surface area contributed by atoms with E-state index in [9.17, 15) is 4.79 Å². The number of alkyl halides is 1. The minimum Gasteiger partial charge on any atom is -0.335 e. The second-order valence-electron chi connectivity index (χ2n) is 3.09. The van der Waals surface area contributed by atoms with E-state index in [0.29, 0.717) is 0 Å². The zero-order valence-electron chi connectivity index (χ0n) is 7.29. The van der Waals surface area contributed by atoms with Crippen LogP contribution >= 0.6 is 22.6 Å².